The molecular weight excluding hydrogens is 417 g/mol. The highest BCUT2D eigenvalue weighted by molar-refractivity contribution is 5.81. The maximum atomic E-state index is 13.9. The van der Waals surface area contributed by atoms with Crippen molar-refractivity contribution in [2.45, 2.75) is 11.8 Å². The van der Waals surface area contributed by atoms with Crippen LogP contribution in [0.25, 0.3) is 16.6 Å². The highest BCUT2D eigenvalue weighted by Crippen LogP contribution is 2.40. The van der Waals surface area contributed by atoms with Crippen molar-refractivity contribution in [2.24, 2.45) is 0 Å². The average molecular weight is 433 g/mol. The minimum absolute atomic E-state index is 0.231. The van der Waals surface area contributed by atoms with Crippen LogP contribution in [0.1, 0.15) is 5.56 Å². The minimum atomic E-state index is -4.99. The monoisotopic (exact) mass is 433 g/mol. The van der Waals surface area contributed by atoms with Crippen LogP contribution in [0.3, 0.4) is 0 Å². The van der Waals surface area contributed by atoms with Gasteiger partial charge in [-0.3, -0.25) is 0 Å². The van der Waals surface area contributed by atoms with E-state index in [1.807, 2.05) is 0 Å². The fourth-order valence-corrected chi connectivity index (χ4v) is 3.24. The van der Waals surface area contributed by atoms with Gasteiger partial charge in [-0.05, 0) is 66.2 Å². The predicted molar refractivity (Wildman–Crippen MR) is 106 cm³/mol. The molecule has 9 heteroatoms. The lowest BCUT2D eigenvalue weighted by atomic mass is 9.92. The Labute approximate surface area is 173 Å². The van der Waals surface area contributed by atoms with Gasteiger partial charge in [-0.1, -0.05) is 6.07 Å². The molecular formula is C22H16F5N3O. The number of fused-ring (bicyclic) bond motifs is 1. The molecule has 0 bridgehead atoms. The van der Waals surface area contributed by atoms with Crippen LogP contribution in [-0.4, -0.2) is 27.6 Å². The van der Waals surface area contributed by atoms with Gasteiger partial charge in [0.15, 0.2) is 0 Å². The largest absolute Gasteiger partial charge is 0.423 e. The third kappa shape index (κ3) is 3.96. The van der Waals surface area contributed by atoms with Crippen LogP contribution in [0.15, 0.2) is 72.9 Å². The zero-order valence-electron chi connectivity index (χ0n) is 15.9. The van der Waals surface area contributed by atoms with Crippen LogP contribution in [0.5, 0.6) is 0 Å². The quantitative estimate of drug-likeness (QED) is 0.427. The normalized spacial score (nSPS) is 13.9. The molecule has 0 spiro atoms. The fourth-order valence-electron chi connectivity index (χ4n) is 3.24. The van der Waals surface area contributed by atoms with E-state index in [2.05, 4.69) is 10.4 Å². The summed E-state index contributed by atoms with van der Waals surface area (Å²) < 4.78 is 69.2. The number of aliphatic hydroxyl groups is 1. The number of benzene rings is 3. The molecule has 0 radical (unpaired) electrons. The minimum Gasteiger partial charge on any atom is -0.381 e. The SMILES string of the molecule is OC(CNc1ccc(F)cc1)(c1ccc2c(cnn2-c2ccc(F)cc2)c1)C(F)(F)F. The number of rotatable bonds is 5. The highest BCUT2D eigenvalue weighted by atomic mass is 19.4. The Morgan fingerprint density at radius 2 is 1.48 bits per heavy atom. The lowest BCUT2D eigenvalue weighted by Crippen LogP contribution is -2.47. The number of hydrogen-bond acceptors (Lipinski definition) is 3. The maximum Gasteiger partial charge on any atom is 0.423 e. The summed E-state index contributed by atoms with van der Waals surface area (Å²) in [5.74, 6) is -0.952. The molecule has 0 aliphatic carbocycles. The summed E-state index contributed by atoms with van der Waals surface area (Å²) in [6.45, 7) is -0.875. The van der Waals surface area contributed by atoms with Gasteiger partial charge in [0.1, 0.15) is 11.6 Å². The molecule has 0 fully saturated rings. The van der Waals surface area contributed by atoms with Gasteiger partial charge in [-0.2, -0.15) is 18.3 Å². The molecule has 4 nitrogen and oxygen atoms in total. The first-order valence-electron chi connectivity index (χ1n) is 9.20. The number of anilines is 1. The molecule has 2 N–H and O–H groups in total. The van der Waals surface area contributed by atoms with E-state index in [-0.39, 0.29) is 11.3 Å². The topological polar surface area (TPSA) is 50.1 Å². The summed E-state index contributed by atoms with van der Waals surface area (Å²) in [4.78, 5) is 0. The molecule has 0 amide bonds. The summed E-state index contributed by atoms with van der Waals surface area (Å²) in [5.41, 5.74) is -2.32. The standard InChI is InChI=1S/C22H16F5N3O/c23-16-2-6-18(7-3-16)28-13-21(31,22(25,26)27)15-1-10-20-14(11-15)12-29-30(20)19-8-4-17(24)5-9-19/h1-12,28,31H,13H2. The molecule has 0 aliphatic heterocycles. The van der Waals surface area contributed by atoms with Gasteiger partial charge in [0.2, 0.25) is 5.60 Å². The molecule has 160 valence electrons. The van der Waals surface area contributed by atoms with Gasteiger partial charge in [0.25, 0.3) is 0 Å². The zero-order valence-corrected chi connectivity index (χ0v) is 15.9. The summed E-state index contributed by atoms with van der Waals surface area (Å²) in [6.07, 6.45) is -3.62. The molecule has 0 saturated heterocycles. The Kier molecular flexibility index (Phi) is 5.14. The van der Waals surface area contributed by atoms with E-state index < -0.39 is 30.0 Å². The van der Waals surface area contributed by atoms with Crippen molar-refractivity contribution in [3.05, 3.63) is 90.1 Å². The molecule has 0 aliphatic rings. The Morgan fingerprint density at radius 3 is 2.10 bits per heavy atom. The molecule has 1 heterocycles. The summed E-state index contributed by atoms with van der Waals surface area (Å²) in [7, 11) is 0. The summed E-state index contributed by atoms with van der Waals surface area (Å²) in [6, 6.07) is 14.0. The van der Waals surface area contributed by atoms with Crippen molar-refractivity contribution < 1.29 is 27.1 Å². The van der Waals surface area contributed by atoms with Gasteiger partial charge in [-0.25, -0.2) is 13.5 Å². The lowest BCUT2D eigenvalue weighted by molar-refractivity contribution is -0.260. The van der Waals surface area contributed by atoms with E-state index in [1.54, 1.807) is 0 Å². The van der Waals surface area contributed by atoms with Gasteiger partial charge >= 0.3 is 6.18 Å². The van der Waals surface area contributed by atoms with Gasteiger partial charge in [0.05, 0.1) is 23.9 Å². The second-order valence-corrected chi connectivity index (χ2v) is 7.02. The molecule has 1 atom stereocenters. The van der Waals surface area contributed by atoms with Gasteiger partial charge in [-0.15, -0.1) is 0 Å². The fraction of sp³-hybridized carbons (Fsp3) is 0.136. The lowest BCUT2D eigenvalue weighted by Gasteiger charge is -2.31. The zero-order chi connectivity index (χ0) is 22.2. The van der Waals surface area contributed by atoms with E-state index in [4.69, 9.17) is 0 Å². The third-order valence-corrected chi connectivity index (χ3v) is 4.98. The van der Waals surface area contributed by atoms with Crippen molar-refractivity contribution in [3.63, 3.8) is 0 Å². The first-order valence-corrected chi connectivity index (χ1v) is 9.20. The Balaban J connectivity index is 1.69. The van der Waals surface area contributed by atoms with Crippen molar-refractivity contribution in [2.75, 3.05) is 11.9 Å². The molecule has 1 aromatic heterocycles. The van der Waals surface area contributed by atoms with Crippen LogP contribution >= 0.6 is 0 Å². The number of nitrogens with one attached hydrogen (secondary N) is 1. The average Bonchev–Trinajstić information content (AvgIpc) is 3.16. The van der Waals surface area contributed by atoms with Crippen LogP contribution in [0.2, 0.25) is 0 Å². The van der Waals surface area contributed by atoms with Crippen molar-refractivity contribution in [1.82, 2.24) is 9.78 Å². The number of alkyl halides is 3. The van der Waals surface area contributed by atoms with Crippen molar-refractivity contribution in [3.8, 4) is 5.69 Å². The van der Waals surface area contributed by atoms with E-state index in [9.17, 15) is 27.1 Å². The summed E-state index contributed by atoms with van der Waals surface area (Å²) >= 11 is 0. The van der Waals surface area contributed by atoms with Crippen molar-refractivity contribution >= 4 is 16.6 Å². The molecule has 1 unspecified atom stereocenters. The van der Waals surface area contributed by atoms with Gasteiger partial charge in [0, 0.05) is 11.1 Å². The smallest absolute Gasteiger partial charge is 0.381 e. The van der Waals surface area contributed by atoms with E-state index >= 15 is 0 Å². The highest BCUT2D eigenvalue weighted by Gasteiger charge is 2.55. The number of nitrogens with zero attached hydrogens (tertiary/aromatic N) is 2. The molecule has 4 rings (SSSR count). The van der Waals surface area contributed by atoms with Gasteiger partial charge < -0.3 is 10.4 Å². The van der Waals surface area contributed by atoms with Crippen LogP contribution < -0.4 is 5.32 Å². The first kappa shape index (κ1) is 20.8. The van der Waals surface area contributed by atoms with Crippen molar-refractivity contribution in [1.29, 1.82) is 0 Å². The maximum absolute atomic E-state index is 13.9. The number of aromatic nitrogens is 2. The van der Waals surface area contributed by atoms with E-state index in [0.717, 1.165) is 12.1 Å². The molecule has 0 saturated carbocycles. The second-order valence-electron chi connectivity index (χ2n) is 7.02. The van der Waals surface area contributed by atoms with Crippen LogP contribution in [-0.2, 0) is 5.60 Å². The predicted octanol–water partition coefficient (Wildman–Crippen LogP) is 5.17. The molecule has 4 aromatic rings. The van der Waals surface area contributed by atoms with E-state index in [0.29, 0.717) is 16.6 Å². The Hall–Kier alpha value is -3.46. The van der Waals surface area contributed by atoms with Crippen LogP contribution in [0, 0.1) is 11.6 Å². The number of halogens is 5. The van der Waals surface area contributed by atoms with Crippen LogP contribution in [0.4, 0.5) is 27.6 Å². The Morgan fingerprint density at radius 1 is 0.871 bits per heavy atom. The Bertz CT molecular complexity index is 1200. The molecule has 3 aromatic carbocycles. The molecule has 31 heavy (non-hydrogen) atoms. The second kappa shape index (κ2) is 7.66. The summed E-state index contributed by atoms with van der Waals surface area (Å²) in [5, 5.41) is 17.7. The van der Waals surface area contributed by atoms with E-state index in [1.165, 1.54) is 65.5 Å². The first-order chi connectivity index (χ1) is 14.7. The number of hydrogen-bond donors (Lipinski definition) is 2. The third-order valence-electron chi connectivity index (χ3n) is 4.98.